The first-order valence-corrected chi connectivity index (χ1v) is 12.4. The van der Waals surface area contributed by atoms with Crippen LogP contribution in [0.5, 0.6) is 5.75 Å². The number of rotatable bonds is 6. The maximum absolute atomic E-state index is 13.1. The second-order valence-electron chi connectivity index (χ2n) is 7.64. The van der Waals surface area contributed by atoms with E-state index >= 15 is 0 Å². The molecule has 3 aromatic rings. The van der Waals surface area contributed by atoms with Crippen LogP contribution in [0.4, 0.5) is 5.13 Å². The first-order chi connectivity index (χ1) is 14.9. The number of nitrogens with one attached hydrogen (secondary N) is 1. The molecule has 1 saturated heterocycles. The molecule has 9 heteroatoms. The quantitative estimate of drug-likeness (QED) is 0.424. The minimum Gasteiger partial charge on any atom is -0.508 e. The number of hydrogen-bond donors (Lipinski definition) is 2. The molecule has 162 valence electrons. The van der Waals surface area contributed by atoms with Crippen LogP contribution < -0.4 is 5.43 Å². The molecule has 31 heavy (non-hydrogen) atoms. The summed E-state index contributed by atoms with van der Waals surface area (Å²) in [7, 11) is -3.51. The molecule has 0 aliphatic carbocycles. The molecule has 1 fully saturated rings. The van der Waals surface area contributed by atoms with E-state index in [1.54, 1.807) is 53.0 Å². The number of aromatic nitrogens is 1. The van der Waals surface area contributed by atoms with Crippen molar-refractivity contribution in [3.63, 3.8) is 0 Å². The molecule has 0 radical (unpaired) electrons. The predicted molar refractivity (Wildman–Crippen MR) is 124 cm³/mol. The van der Waals surface area contributed by atoms with Crippen LogP contribution in [0.1, 0.15) is 25.3 Å². The topological polar surface area (TPSA) is 94.9 Å². The zero-order chi connectivity index (χ0) is 21.8. The molecule has 1 aromatic heterocycles. The highest BCUT2D eigenvalue weighted by molar-refractivity contribution is 7.89. The maximum Gasteiger partial charge on any atom is 0.243 e. The molecular formula is C22H24N4O3S2. The van der Waals surface area contributed by atoms with Crippen LogP contribution in [0.3, 0.4) is 0 Å². The van der Waals surface area contributed by atoms with E-state index < -0.39 is 10.0 Å². The number of phenolic OH excluding ortho intramolecular Hbond substituents is 1. The van der Waals surface area contributed by atoms with E-state index in [4.69, 9.17) is 0 Å². The summed E-state index contributed by atoms with van der Waals surface area (Å²) in [5.74, 6) is 0.578. The molecule has 2 N–H and O–H groups in total. The molecule has 1 aliphatic heterocycles. The van der Waals surface area contributed by atoms with Crippen molar-refractivity contribution in [1.82, 2.24) is 9.29 Å². The first kappa shape index (κ1) is 21.5. The van der Waals surface area contributed by atoms with Gasteiger partial charge in [-0.15, -0.1) is 11.3 Å². The van der Waals surface area contributed by atoms with Crippen molar-refractivity contribution in [2.75, 3.05) is 18.5 Å². The lowest BCUT2D eigenvalue weighted by Gasteiger charge is -2.30. The normalized spacial score (nSPS) is 17.8. The van der Waals surface area contributed by atoms with Gasteiger partial charge in [-0.25, -0.2) is 13.4 Å². The van der Waals surface area contributed by atoms with Gasteiger partial charge in [0.1, 0.15) is 5.75 Å². The highest BCUT2D eigenvalue weighted by atomic mass is 32.2. The molecule has 1 aliphatic rings. The number of benzene rings is 2. The molecule has 0 amide bonds. The Labute approximate surface area is 186 Å². The van der Waals surface area contributed by atoms with Crippen molar-refractivity contribution in [2.24, 2.45) is 11.0 Å². The second kappa shape index (κ2) is 9.17. The first-order valence-electron chi connectivity index (χ1n) is 10.1. The third kappa shape index (κ3) is 5.12. The summed E-state index contributed by atoms with van der Waals surface area (Å²) in [6.07, 6.45) is 3.59. The molecule has 2 aromatic carbocycles. The Morgan fingerprint density at radius 2 is 2.06 bits per heavy atom. The van der Waals surface area contributed by atoms with Gasteiger partial charge in [-0.3, -0.25) is 5.43 Å². The van der Waals surface area contributed by atoms with E-state index in [2.05, 4.69) is 22.4 Å². The van der Waals surface area contributed by atoms with Gasteiger partial charge in [0.05, 0.1) is 16.8 Å². The van der Waals surface area contributed by atoms with E-state index in [-0.39, 0.29) is 5.75 Å². The lowest BCUT2D eigenvalue weighted by molar-refractivity contribution is 0.281. The summed E-state index contributed by atoms with van der Waals surface area (Å²) in [6, 6.07) is 13.6. The highest BCUT2D eigenvalue weighted by Crippen LogP contribution is 2.29. The summed E-state index contributed by atoms with van der Waals surface area (Å²) in [6.45, 7) is 3.23. The maximum atomic E-state index is 13.1. The van der Waals surface area contributed by atoms with Crippen LogP contribution in [-0.2, 0) is 10.0 Å². The van der Waals surface area contributed by atoms with Crippen molar-refractivity contribution in [3.8, 4) is 17.0 Å². The van der Waals surface area contributed by atoms with Gasteiger partial charge < -0.3 is 5.11 Å². The van der Waals surface area contributed by atoms with Gasteiger partial charge in [-0.1, -0.05) is 19.1 Å². The monoisotopic (exact) mass is 456 g/mol. The molecule has 2 heterocycles. The molecule has 0 saturated carbocycles. The Morgan fingerprint density at radius 3 is 2.84 bits per heavy atom. The van der Waals surface area contributed by atoms with Gasteiger partial charge in [0.15, 0.2) is 0 Å². The van der Waals surface area contributed by atoms with Gasteiger partial charge in [0.25, 0.3) is 0 Å². The smallest absolute Gasteiger partial charge is 0.243 e. The standard InChI is InChI=1S/C22H24N4O3S2/c1-16-4-3-11-26(14-16)31(28,29)20-6-2-5-18(12-20)21-15-30-22(24-21)25-23-13-17-7-9-19(27)10-8-17/h2,5-10,12-13,15-16,27H,3-4,11,14H2,1H3,(H,24,25). The Bertz CT molecular complexity index is 1170. The van der Waals surface area contributed by atoms with Crippen molar-refractivity contribution in [2.45, 2.75) is 24.7 Å². The number of thiazole rings is 1. The summed E-state index contributed by atoms with van der Waals surface area (Å²) in [5, 5.41) is 15.9. The Hall–Kier alpha value is -2.75. The minimum absolute atomic E-state index is 0.203. The van der Waals surface area contributed by atoms with E-state index in [0.29, 0.717) is 34.7 Å². The SMILES string of the molecule is CC1CCCN(S(=O)(=O)c2cccc(-c3csc(NN=Cc4ccc(O)cc4)n3)c2)C1. The van der Waals surface area contributed by atoms with Crippen molar-refractivity contribution >= 4 is 32.7 Å². The van der Waals surface area contributed by atoms with Crippen LogP contribution in [0.2, 0.25) is 0 Å². The van der Waals surface area contributed by atoms with Gasteiger partial charge >= 0.3 is 0 Å². The van der Waals surface area contributed by atoms with Crippen LogP contribution in [0, 0.1) is 5.92 Å². The molecule has 0 bridgehead atoms. The lowest BCUT2D eigenvalue weighted by atomic mass is 10.0. The van der Waals surface area contributed by atoms with E-state index in [0.717, 1.165) is 24.0 Å². The van der Waals surface area contributed by atoms with Gasteiger partial charge in [0.2, 0.25) is 15.2 Å². The molecule has 1 unspecified atom stereocenters. The van der Waals surface area contributed by atoms with Crippen molar-refractivity contribution in [1.29, 1.82) is 0 Å². The molecule has 0 spiro atoms. The summed E-state index contributed by atoms with van der Waals surface area (Å²) < 4.78 is 27.7. The second-order valence-corrected chi connectivity index (χ2v) is 10.4. The Kier molecular flexibility index (Phi) is 6.35. The van der Waals surface area contributed by atoms with Gasteiger partial charge in [-0.2, -0.15) is 9.41 Å². The number of hydrazone groups is 1. The molecule has 4 rings (SSSR count). The number of hydrogen-bond acceptors (Lipinski definition) is 7. The third-order valence-electron chi connectivity index (χ3n) is 5.16. The lowest BCUT2D eigenvalue weighted by Crippen LogP contribution is -2.39. The summed E-state index contributed by atoms with van der Waals surface area (Å²) in [4.78, 5) is 4.82. The highest BCUT2D eigenvalue weighted by Gasteiger charge is 2.28. The average Bonchev–Trinajstić information content (AvgIpc) is 3.24. The zero-order valence-corrected chi connectivity index (χ0v) is 18.7. The Morgan fingerprint density at radius 1 is 1.26 bits per heavy atom. The fourth-order valence-electron chi connectivity index (χ4n) is 3.51. The fourth-order valence-corrected chi connectivity index (χ4v) is 5.82. The van der Waals surface area contributed by atoms with Crippen LogP contribution in [-0.4, -0.2) is 42.1 Å². The van der Waals surface area contributed by atoms with E-state index in [9.17, 15) is 13.5 Å². The summed E-state index contributed by atoms with van der Waals surface area (Å²) >= 11 is 1.39. The minimum atomic E-state index is -3.51. The largest absolute Gasteiger partial charge is 0.508 e. The number of sulfonamides is 1. The zero-order valence-electron chi connectivity index (χ0n) is 17.1. The fraction of sp³-hybridized carbons (Fsp3) is 0.273. The van der Waals surface area contributed by atoms with Crippen molar-refractivity contribution in [3.05, 3.63) is 59.5 Å². The molecular weight excluding hydrogens is 432 g/mol. The average molecular weight is 457 g/mol. The predicted octanol–water partition coefficient (Wildman–Crippen LogP) is 4.38. The van der Waals surface area contributed by atoms with Gasteiger partial charge in [0, 0.05) is 24.0 Å². The molecule has 1 atom stereocenters. The Balaban J connectivity index is 1.48. The number of piperidine rings is 1. The molecule has 7 nitrogen and oxygen atoms in total. The van der Waals surface area contributed by atoms with Gasteiger partial charge in [-0.05, 0) is 60.7 Å². The number of aromatic hydroxyl groups is 1. The van der Waals surface area contributed by atoms with E-state index in [1.165, 1.54) is 11.3 Å². The van der Waals surface area contributed by atoms with Crippen LogP contribution >= 0.6 is 11.3 Å². The number of anilines is 1. The number of nitrogens with zero attached hydrogens (tertiary/aromatic N) is 3. The van der Waals surface area contributed by atoms with Crippen LogP contribution in [0.25, 0.3) is 11.3 Å². The van der Waals surface area contributed by atoms with Crippen LogP contribution in [0.15, 0.2) is 63.9 Å². The van der Waals surface area contributed by atoms with Crippen molar-refractivity contribution < 1.29 is 13.5 Å². The number of phenols is 1. The third-order valence-corrected chi connectivity index (χ3v) is 7.77. The van der Waals surface area contributed by atoms with E-state index in [1.807, 2.05) is 11.4 Å². The summed E-state index contributed by atoms with van der Waals surface area (Å²) in [5.41, 5.74) is 5.17.